The molecule has 1 aromatic carbocycles. The van der Waals surface area contributed by atoms with E-state index >= 15 is 0 Å². The van der Waals surface area contributed by atoms with Crippen molar-refractivity contribution in [3.8, 4) is 0 Å². The number of carbonyl (C=O) groups excluding carboxylic acids is 2. The van der Waals surface area contributed by atoms with Crippen LogP contribution in [0.4, 0.5) is 10.5 Å². The summed E-state index contributed by atoms with van der Waals surface area (Å²) in [7, 11) is 1.41. The van der Waals surface area contributed by atoms with Crippen molar-refractivity contribution >= 4 is 40.4 Å². The van der Waals surface area contributed by atoms with Gasteiger partial charge in [-0.05, 0) is 45.2 Å². The van der Waals surface area contributed by atoms with E-state index in [0.29, 0.717) is 18.1 Å². The SMILES string of the molecule is Cc1ccc(NC(=O)NC(=O)C(C)Sc2nc(C)nc3c2c(=O)n(C)c(=O)n3CC(C)C)c(C)c1. The summed E-state index contributed by atoms with van der Waals surface area (Å²) in [6.07, 6.45) is 0. The van der Waals surface area contributed by atoms with Crippen molar-refractivity contribution < 1.29 is 9.59 Å². The fraction of sp³-hybridized carbons (Fsp3) is 0.417. The van der Waals surface area contributed by atoms with Gasteiger partial charge in [-0.15, -0.1) is 0 Å². The summed E-state index contributed by atoms with van der Waals surface area (Å²) >= 11 is 1.03. The smallest absolute Gasteiger partial charge is 0.307 e. The molecule has 0 bridgehead atoms. The Morgan fingerprint density at radius 2 is 1.77 bits per heavy atom. The summed E-state index contributed by atoms with van der Waals surface area (Å²) in [5, 5.41) is 4.70. The molecule has 3 amide bonds. The Kier molecular flexibility index (Phi) is 7.79. The van der Waals surface area contributed by atoms with Gasteiger partial charge in [0.1, 0.15) is 16.2 Å². The largest absolute Gasteiger partial charge is 0.332 e. The summed E-state index contributed by atoms with van der Waals surface area (Å²) in [6, 6.07) is 4.91. The van der Waals surface area contributed by atoms with E-state index in [2.05, 4.69) is 20.6 Å². The topological polar surface area (TPSA) is 128 Å². The van der Waals surface area contributed by atoms with E-state index in [9.17, 15) is 19.2 Å². The van der Waals surface area contributed by atoms with E-state index < -0.39 is 28.4 Å². The third-order valence-corrected chi connectivity index (χ3v) is 6.42. The number of aromatic nitrogens is 4. The molecule has 2 heterocycles. The monoisotopic (exact) mass is 498 g/mol. The predicted molar refractivity (Wildman–Crippen MR) is 137 cm³/mol. The molecule has 2 aromatic heterocycles. The lowest BCUT2D eigenvalue weighted by Crippen LogP contribution is -2.40. The maximum Gasteiger partial charge on any atom is 0.332 e. The second-order valence-corrected chi connectivity index (χ2v) is 10.3. The standard InChI is InChI=1S/C24H30N6O4S/c1-12(2)11-30-19-18(22(32)29(7)24(30)34)21(26-16(6)25-19)35-15(5)20(31)28-23(33)27-17-9-8-13(3)10-14(17)4/h8-10,12,15H,11H2,1-7H3,(H2,27,28,31,33). The maximum absolute atomic E-state index is 13.0. The van der Waals surface area contributed by atoms with Crippen molar-refractivity contribution in [1.29, 1.82) is 0 Å². The summed E-state index contributed by atoms with van der Waals surface area (Å²) in [5.41, 5.74) is 1.78. The molecule has 0 radical (unpaired) electrons. The molecule has 186 valence electrons. The first-order chi connectivity index (χ1) is 16.4. The van der Waals surface area contributed by atoms with Gasteiger partial charge >= 0.3 is 11.7 Å². The quantitative estimate of drug-likeness (QED) is 0.395. The number of hydrogen-bond acceptors (Lipinski definition) is 7. The Bertz CT molecular complexity index is 1430. The predicted octanol–water partition coefficient (Wildman–Crippen LogP) is 2.90. The van der Waals surface area contributed by atoms with Crippen LogP contribution in [0, 0.1) is 26.7 Å². The number of rotatable bonds is 6. The average molecular weight is 499 g/mol. The van der Waals surface area contributed by atoms with Crippen molar-refractivity contribution in [3.05, 3.63) is 56.0 Å². The third-order valence-electron chi connectivity index (χ3n) is 5.33. The Balaban J connectivity index is 1.88. The number of nitrogens with zero attached hydrogens (tertiary/aromatic N) is 4. The molecule has 2 N–H and O–H groups in total. The minimum absolute atomic E-state index is 0.139. The van der Waals surface area contributed by atoms with Crippen LogP contribution in [-0.4, -0.2) is 36.3 Å². The first-order valence-electron chi connectivity index (χ1n) is 11.2. The summed E-state index contributed by atoms with van der Waals surface area (Å²) < 4.78 is 2.48. The molecule has 1 unspecified atom stereocenters. The van der Waals surface area contributed by atoms with Gasteiger partial charge in [0, 0.05) is 19.3 Å². The maximum atomic E-state index is 13.0. The lowest BCUT2D eigenvalue weighted by atomic mass is 10.1. The zero-order valence-electron chi connectivity index (χ0n) is 20.9. The van der Waals surface area contributed by atoms with E-state index in [0.717, 1.165) is 27.5 Å². The Labute approximate surface area is 207 Å². The number of fused-ring (bicyclic) bond motifs is 1. The number of amides is 3. The number of hydrogen-bond donors (Lipinski definition) is 2. The minimum atomic E-state index is -0.757. The lowest BCUT2D eigenvalue weighted by Gasteiger charge is -2.16. The number of imide groups is 1. The summed E-state index contributed by atoms with van der Waals surface area (Å²) in [6.45, 7) is 11.4. The van der Waals surface area contributed by atoms with Gasteiger partial charge in [-0.2, -0.15) is 0 Å². The molecule has 0 saturated carbocycles. The van der Waals surface area contributed by atoms with Gasteiger partial charge in [-0.1, -0.05) is 43.3 Å². The fourth-order valence-corrected chi connectivity index (χ4v) is 4.58. The van der Waals surface area contributed by atoms with Crippen molar-refractivity contribution in [2.24, 2.45) is 13.0 Å². The van der Waals surface area contributed by atoms with Crippen molar-refractivity contribution in [1.82, 2.24) is 24.4 Å². The first-order valence-corrected chi connectivity index (χ1v) is 12.1. The molecule has 3 rings (SSSR count). The minimum Gasteiger partial charge on any atom is -0.307 e. The Morgan fingerprint density at radius 3 is 2.40 bits per heavy atom. The summed E-state index contributed by atoms with van der Waals surface area (Å²) in [4.78, 5) is 59.7. The second kappa shape index (κ2) is 10.4. The Morgan fingerprint density at radius 1 is 1.09 bits per heavy atom. The molecule has 0 fully saturated rings. The number of anilines is 1. The van der Waals surface area contributed by atoms with Gasteiger partial charge in [0.05, 0.1) is 5.25 Å². The zero-order chi connectivity index (χ0) is 26.0. The van der Waals surface area contributed by atoms with Crippen LogP contribution >= 0.6 is 11.8 Å². The molecule has 1 atom stereocenters. The molecule has 0 aliphatic rings. The van der Waals surface area contributed by atoms with Gasteiger partial charge in [0.2, 0.25) is 5.91 Å². The highest BCUT2D eigenvalue weighted by Crippen LogP contribution is 2.27. The van der Waals surface area contributed by atoms with Crippen LogP contribution in [0.2, 0.25) is 0 Å². The number of thioether (sulfide) groups is 1. The van der Waals surface area contributed by atoms with E-state index in [1.807, 2.05) is 39.8 Å². The number of urea groups is 1. The zero-order valence-corrected chi connectivity index (χ0v) is 21.7. The van der Waals surface area contributed by atoms with Crippen LogP contribution in [-0.2, 0) is 18.4 Å². The lowest BCUT2D eigenvalue weighted by molar-refractivity contribution is -0.119. The highest BCUT2D eigenvalue weighted by atomic mass is 32.2. The van der Waals surface area contributed by atoms with Crippen LogP contribution in [0.25, 0.3) is 11.0 Å². The molecule has 35 heavy (non-hydrogen) atoms. The first kappa shape index (κ1) is 26.1. The highest BCUT2D eigenvalue weighted by molar-refractivity contribution is 8.00. The van der Waals surface area contributed by atoms with Gasteiger partial charge in [0.15, 0.2) is 5.65 Å². The molecular formula is C24H30N6O4S. The number of aryl methyl sites for hydroxylation is 3. The molecule has 0 saturated heterocycles. The summed E-state index contributed by atoms with van der Waals surface area (Å²) in [5.74, 6) is -0.0421. The van der Waals surface area contributed by atoms with E-state index in [-0.39, 0.29) is 22.0 Å². The van der Waals surface area contributed by atoms with Crippen LogP contribution in [0.15, 0.2) is 32.8 Å². The molecule has 0 aliphatic carbocycles. The molecule has 0 spiro atoms. The molecular weight excluding hydrogens is 468 g/mol. The highest BCUT2D eigenvalue weighted by Gasteiger charge is 2.23. The van der Waals surface area contributed by atoms with Crippen molar-refractivity contribution in [3.63, 3.8) is 0 Å². The van der Waals surface area contributed by atoms with E-state index in [1.54, 1.807) is 19.9 Å². The molecule has 3 aromatic rings. The van der Waals surface area contributed by atoms with Gasteiger partial charge in [-0.25, -0.2) is 19.6 Å². The van der Waals surface area contributed by atoms with Crippen LogP contribution < -0.4 is 21.9 Å². The van der Waals surface area contributed by atoms with Gasteiger partial charge in [-0.3, -0.25) is 24.0 Å². The van der Waals surface area contributed by atoms with Gasteiger partial charge < -0.3 is 5.32 Å². The second-order valence-electron chi connectivity index (χ2n) is 8.95. The van der Waals surface area contributed by atoms with Crippen LogP contribution in [0.5, 0.6) is 0 Å². The van der Waals surface area contributed by atoms with Crippen LogP contribution in [0.3, 0.4) is 0 Å². The van der Waals surface area contributed by atoms with E-state index in [1.165, 1.54) is 11.6 Å². The van der Waals surface area contributed by atoms with E-state index in [4.69, 9.17) is 0 Å². The fourth-order valence-electron chi connectivity index (χ4n) is 3.60. The Hall–Kier alpha value is -3.47. The molecule has 10 nitrogen and oxygen atoms in total. The average Bonchev–Trinajstić information content (AvgIpc) is 2.76. The molecule has 11 heteroatoms. The number of benzene rings is 1. The molecule has 0 aliphatic heterocycles. The number of carbonyl (C=O) groups is 2. The van der Waals surface area contributed by atoms with Crippen molar-refractivity contribution in [2.75, 3.05) is 5.32 Å². The van der Waals surface area contributed by atoms with Crippen molar-refractivity contribution in [2.45, 2.75) is 58.4 Å². The normalized spacial score (nSPS) is 12.1. The van der Waals surface area contributed by atoms with Crippen LogP contribution in [0.1, 0.15) is 37.7 Å². The third kappa shape index (κ3) is 5.79. The van der Waals surface area contributed by atoms with Gasteiger partial charge in [0.25, 0.3) is 5.56 Å². The number of nitrogens with one attached hydrogen (secondary N) is 2.